The van der Waals surface area contributed by atoms with E-state index >= 15 is 0 Å². The van der Waals surface area contributed by atoms with Gasteiger partial charge in [0, 0.05) is 32.2 Å². The van der Waals surface area contributed by atoms with E-state index in [1.165, 1.54) is 7.11 Å². The predicted octanol–water partition coefficient (Wildman–Crippen LogP) is 1.25. The Morgan fingerprint density at radius 3 is 2.71 bits per heavy atom. The van der Waals surface area contributed by atoms with Gasteiger partial charge < -0.3 is 20.5 Å². The van der Waals surface area contributed by atoms with Crippen LogP contribution in [0, 0.1) is 11.6 Å². The number of rotatable bonds is 7. The van der Waals surface area contributed by atoms with Gasteiger partial charge in [-0.15, -0.1) is 0 Å². The van der Waals surface area contributed by atoms with Crippen molar-refractivity contribution in [2.24, 2.45) is 0 Å². The Kier molecular flexibility index (Phi) is 6.54. The van der Waals surface area contributed by atoms with Crippen molar-refractivity contribution in [3.63, 3.8) is 0 Å². The fraction of sp³-hybridized carbons (Fsp3) is 0.385. The number of nitrogens with one attached hydrogen (secondary N) is 2. The zero-order valence-electron chi connectivity index (χ0n) is 11.4. The summed E-state index contributed by atoms with van der Waals surface area (Å²) in [6, 6.07) is 0.951. The number of carboxylic acids is 1. The molecule has 1 rings (SSSR count). The third-order valence-electron chi connectivity index (χ3n) is 2.66. The quantitative estimate of drug-likeness (QED) is 0.707. The van der Waals surface area contributed by atoms with Crippen LogP contribution in [0.5, 0.6) is 0 Å². The molecule has 3 N–H and O–H groups in total. The summed E-state index contributed by atoms with van der Waals surface area (Å²) in [5.74, 6) is -2.50. The van der Waals surface area contributed by atoms with Crippen LogP contribution in [0.1, 0.15) is 12.0 Å². The van der Waals surface area contributed by atoms with Gasteiger partial charge in [0.1, 0.15) is 17.7 Å². The first-order chi connectivity index (χ1) is 9.93. The lowest BCUT2D eigenvalue weighted by Crippen LogP contribution is -2.46. The van der Waals surface area contributed by atoms with Crippen molar-refractivity contribution in [2.45, 2.75) is 19.0 Å². The summed E-state index contributed by atoms with van der Waals surface area (Å²) in [5, 5.41) is 13.4. The topological polar surface area (TPSA) is 87.7 Å². The van der Waals surface area contributed by atoms with Gasteiger partial charge in [0.15, 0.2) is 0 Å². The molecule has 1 atom stereocenters. The van der Waals surface area contributed by atoms with Gasteiger partial charge in [-0.05, 0) is 18.2 Å². The third-order valence-corrected chi connectivity index (χ3v) is 2.66. The minimum absolute atomic E-state index is 0.0334. The van der Waals surface area contributed by atoms with Crippen LogP contribution in [-0.4, -0.2) is 36.9 Å². The number of carboxylic acid groups (broad SMARTS) is 1. The van der Waals surface area contributed by atoms with E-state index in [1.807, 2.05) is 0 Å². The van der Waals surface area contributed by atoms with Gasteiger partial charge in [0.05, 0.1) is 0 Å². The Balaban J connectivity index is 2.52. The number of urea groups is 1. The van der Waals surface area contributed by atoms with E-state index in [4.69, 9.17) is 9.84 Å². The van der Waals surface area contributed by atoms with Crippen molar-refractivity contribution in [2.75, 3.05) is 13.7 Å². The molecule has 21 heavy (non-hydrogen) atoms. The summed E-state index contributed by atoms with van der Waals surface area (Å²) in [5.41, 5.74) is -0.0334. The van der Waals surface area contributed by atoms with Crippen LogP contribution in [-0.2, 0) is 16.1 Å². The standard InChI is InChI=1S/C13H16F2N2O4/c1-21-5-4-11(12(18)19)17-13(20)16-7-8-6-9(14)2-3-10(8)15/h2-3,6,11H,4-5,7H2,1H3,(H,18,19)(H2,16,17,20). The first kappa shape index (κ1) is 16.8. The molecular formula is C13H16F2N2O4. The van der Waals surface area contributed by atoms with E-state index in [2.05, 4.69) is 10.6 Å². The minimum Gasteiger partial charge on any atom is -0.480 e. The number of methoxy groups -OCH3 is 1. The highest BCUT2D eigenvalue weighted by atomic mass is 19.1. The van der Waals surface area contributed by atoms with E-state index in [0.29, 0.717) is 0 Å². The first-order valence-corrected chi connectivity index (χ1v) is 6.14. The highest BCUT2D eigenvalue weighted by Crippen LogP contribution is 2.09. The highest BCUT2D eigenvalue weighted by molar-refractivity contribution is 5.82. The molecule has 0 aliphatic heterocycles. The molecule has 6 nitrogen and oxygen atoms in total. The minimum atomic E-state index is -1.21. The van der Waals surface area contributed by atoms with Gasteiger partial charge in [-0.2, -0.15) is 0 Å². The lowest BCUT2D eigenvalue weighted by atomic mass is 10.2. The molecule has 1 unspecified atom stereocenters. The summed E-state index contributed by atoms with van der Waals surface area (Å²) in [6.07, 6.45) is 0.0909. The van der Waals surface area contributed by atoms with Gasteiger partial charge in [0.2, 0.25) is 0 Å². The molecule has 0 saturated heterocycles. The number of hydrogen-bond acceptors (Lipinski definition) is 3. The second-order valence-electron chi connectivity index (χ2n) is 4.24. The SMILES string of the molecule is COCCC(NC(=O)NCc1cc(F)ccc1F)C(=O)O. The Hall–Kier alpha value is -2.22. The average molecular weight is 302 g/mol. The van der Waals surface area contributed by atoms with Crippen LogP contribution >= 0.6 is 0 Å². The van der Waals surface area contributed by atoms with Crippen LogP contribution < -0.4 is 10.6 Å². The van der Waals surface area contributed by atoms with E-state index in [1.54, 1.807) is 0 Å². The van der Waals surface area contributed by atoms with Crippen molar-refractivity contribution in [3.8, 4) is 0 Å². The zero-order valence-corrected chi connectivity index (χ0v) is 11.4. The molecule has 0 saturated carbocycles. The normalized spacial score (nSPS) is 11.8. The van der Waals surface area contributed by atoms with Crippen LogP contribution in [0.4, 0.5) is 13.6 Å². The Bertz CT molecular complexity index is 511. The third kappa shape index (κ3) is 5.74. The molecule has 0 radical (unpaired) electrons. The fourth-order valence-corrected chi connectivity index (χ4v) is 1.56. The van der Waals surface area contributed by atoms with Crippen LogP contribution in [0.25, 0.3) is 0 Å². The Morgan fingerprint density at radius 2 is 2.10 bits per heavy atom. The van der Waals surface area contributed by atoms with Crippen molar-refractivity contribution in [3.05, 3.63) is 35.4 Å². The Labute approximate surface area is 120 Å². The monoisotopic (exact) mass is 302 g/mol. The van der Waals surface area contributed by atoms with Crippen LogP contribution in [0.3, 0.4) is 0 Å². The summed E-state index contributed by atoms with van der Waals surface area (Å²) in [4.78, 5) is 22.5. The second-order valence-corrected chi connectivity index (χ2v) is 4.24. The summed E-state index contributed by atoms with van der Waals surface area (Å²) in [6.45, 7) is -0.0954. The number of benzene rings is 1. The molecule has 8 heteroatoms. The van der Waals surface area contributed by atoms with Gasteiger partial charge in [0.25, 0.3) is 0 Å². The second kappa shape index (κ2) is 8.15. The predicted molar refractivity (Wildman–Crippen MR) is 69.6 cm³/mol. The van der Waals surface area contributed by atoms with Crippen molar-refractivity contribution >= 4 is 12.0 Å². The molecule has 0 fully saturated rings. The van der Waals surface area contributed by atoms with Crippen LogP contribution in [0.15, 0.2) is 18.2 Å². The molecule has 0 heterocycles. The number of carbonyl (C=O) groups is 2. The van der Waals surface area contributed by atoms with Crippen LogP contribution in [0.2, 0.25) is 0 Å². The first-order valence-electron chi connectivity index (χ1n) is 6.14. The number of halogens is 2. The van der Waals surface area contributed by atoms with Gasteiger partial charge >= 0.3 is 12.0 Å². The van der Waals surface area contributed by atoms with Gasteiger partial charge in [-0.3, -0.25) is 0 Å². The van der Waals surface area contributed by atoms with E-state index in [-0.39, 0.29) is 25.1 Å². The van der Waals surface area contributed by atoms with Gasteiger partial charge in [-0.1, -0.05) is 0 Å². The molecule has 0 aliphatic carbocycles. The summed E-state index contributed by atoms with van der Waals surface area (Å²) in [7, 11) is 1.41. The molecule has 1 aromatic rings. The molecular weight excluding hydrogens is 286 g/mol. The number of hydrogen-bond donors (Lipinski definition) is 3. The summed E-state index contributed by atoms with van der Waals surface area (Å²) >= 11 is 0. The summed E-state index contributed by atoms with van der Waals surface area (Å²) < 4.78 is 31.0. The number of aliphatic carboxylic acids is 1. The zero-order chi connectivity index (χ0) is 15.8. The molecule has 1 aromatic carbocycles. The smallest absolute Gasteiger partial charge is 0.326 e. The molecule has 0 aromatic heterocycles. The fourth-order valence-electron chi connectivity index (χ4n) is 1.56. The van der Waals surface area contributed by atoms with Crippen molar-refractivity contribution < 1.29 is 28.2 Å². The molecule has 0 bridgehead atoms. The maximum atomic E-state index is 13.3. The number of ether oxygens (including phenoxy) is 1. The van der Waals surface area contributed by atoms with Gasteiger partial charge in [-0.25, -0.2) is 18.4 Å². The van der Waals surface area contributed by atoms with Crippen molar-refractivity contribution in [1.82, 2.24) is 10.6 Å². The molecule has 0 aliphatic rings. The van der Waals surface area contributed by atoms with E-state index in [9.17, 15) is 18.4 Å². The molecule has 0 spiro atoms. The molecule has 116 valence electrons. The Morgan fingerprint density at radius 1 is 1.38 bits per heavy atom. The lowest BCUT2D eigenvalue weighted by Gasteiger charge is -2.15. The molecule has 2 amide bonds. The number of amides is 2. The lowest BCUT2D eigenvalue weighted by molar-refractivity contribution is -0.139. The van der Waals surface area contributed by atoms with Crippen molar-refractivity contribution in [1.29, 1.82) is 0 Å². The van der Waals surface area contributed by atoms with E-state index in [0.717, 1.165) is 18.2 Å². The van der Waals surface area contributed by atoms with E-state index < -0.39 is 29.7 Å². The maximum absolute atomic E-state index is 13.3. The average Bonchev–Trinajstić information content (AvgIpc) is 2.44. The maximum Gasteiger partial charge on any atom is 0.326 e. The highest BCUT2D eigenvalue weighted by Gasteiger charge is 2.19. The number of carbonyl (C=O) groups excluding carboxylic acids is 1. The largest absolute Gasteiger partial charge is 0.480 e.